The number of hydrogen-bond donors (Lipinski definition) is 2. The highest BCUT2D eigenvalue weighted by molar-refractivity contribution is 7.98. The summed E-state index contributed by atoms with van der Waals surface area (Å²) in [6.45, 7) is 3.56. The fourth-order valence-corrected chi connectivity index (χ4v) is 3.57. The lowest BCUT2D eigenvalue weighted by molar-refractivity contribution is 0.0927. The number of hydrogen-bond acceptors (Lipinski definition) is 6. The van der Waals surface area contributed by atoms with Crippen LogP contribution in [0.15, 0.2) is 36.9 Å². The average Bonchev–Trinajstić information content (AvgIpc) is 3.26. The van der Waals surface area contributed by atoms with Crippen LogP contribution in [0.4, 0.5) is 0 Å². The normalized spacial score (nSPS) is 16.1. The van der Waals surface area contributed by atoms with Crippen molar-refractivity contribution in [3.05, 3.63) is 36.9 Å². The molecule has 1 fully saturated rings. The van der Waals surface area contributed by atoms with Crippen molar-refractivity contribution in [1.82, 2.24) is 24.6 Å². The van der Waals surface area contributed by atoms with Gasteiger partial charge in [-0.3, -0.25) is 4.68 Å². The molecule has 3 N–H and O–H groups in total. The van der Waals surface area contributed by atoms with Crippen molar-refractivity contribution < 1.29 is 4.74 Å². The van der Waals surface area contributed by atoms with Gasteiger partial charge in [-0.25, -0.2) is 4.98 Å². The van der Waals surface area contributed by atoms with Crippen LogP contribution in [0, 0.1) is 0 Å². The molecule has 3 aromatic heterocycles. The van der Waals surface area contributed by atoms with E-state index in [1.54, 1.807) is 11.8 Å². The van der Waals surface area contributed by atoms with E-state index in [9.17, 15) is 0 Å². The van der Waals surface area contributed by atoms with E-state index in [1.165, 1.54) is 0 Å². The molecule has 0 unspecified atom stereocenters. The quantitative estimate of drug-likeness (QED) is 0.583. The Morgan fingerprint density at radius 1 is 1.38 bits per heavy atom. The lowest BCUT2D eigenvalue weighted by atomic mass is 9.93. The van der Waals surface area contributed by atoms with Gasteiger partial charge >= 0.3 is 0 Å². The van der Waals surface area contributed by atoms with Gasteiger partial charge in [0.1, 0.15) is 12.4 Å². The zero-order chi connectivity index (χ0) is 18.0. The van der Waals surface area contributed by atoms with Crippen molar-refractivity contribution in [2.75, 3.05) is 38.2 Å². The van der Waals surface area contributed by atoms with Crippen LogP contribution >= 0.6 is 11.8 Å². The highest BCUT2D eigenvalue weighted by Crippen LogP contribution is 2.30. The van der Waals surface area contributed by atoms with Crippen molar-refractivity contribution in [1.29, 1.82) is 0 Å². The second kappa shape index (κ2) is 7.40. The zero-order valence-corrected chi connectivity index (χ0v) is 15.7. The van der Waals surface area contributed by atoms with Crippen LogP contribution in [0.3, 0.4) is 0 Å². The summed E-state index contributed by atoms with van der Waals surface area (Å²) >= 11 is 1.78. The smallest absolute Gasteiger partial charge is 0.142 e. The van der Waals surface area contributed by atoms with E-state index in [0.717, 1.165) is 47.6 Å². The van der Waals surface area contributed by atoms with Crippen LogP contribution < -0.4 is 11.1 Å². The molecule has 7 nitrogen and oxygen atoms in total. The molecule has 1 aliphatic heterocycles. The van der Waals surface area contributed by atoms with Crippen LogP contribution in [0.2, 0.25) is 0 Å². The third-order valence-electron chi connectivity index (χ3n) is 4.99. The molecule has 0 saturated carbocycles. The second-order valence-electron chi connectivity index (χ2n) is 6.62. The molecule has 0 radical (unpaired) electrons. The van der Waals surface area contributed by atoms with E-state index in [4.69, 9.17) is 10.5 Å². The minimum atomic E-state index is -0.0958. The summed E-state index contributed by atoms with van der Waals surface area (Å²) in [5, 5.41) is 8.98. The van der Waals surface area contributed by atoms with Gasteiger partial charge in [0, 0.05) is 54.9 Å². The third-order valence-corrected chi connectivity index (χ3v) is 5.57. The highest BCUT2D eigenvalue weighted by Gasteiger charge is 2.38. The number of rotatable bonds is 8. The van der Waals surface area contributed by atoms with Crippen molar-refractivity contribution in [2.45, 2.75) is 12.3 Å². The number of fused-ring (bicyclic) bond motifs is 1. The first kappa shape index (κ1) is 17.5. The Bertz CT molecular complexity index is 879. The molecule has 0 spiro atoms. The maximum atomic E-state index is 5.98. The fraction of sp³-hybridized carbons (Fsp3) is 0.444. The van der Waals surface area contributed by atoms with E-state index < -0.39 is 0 Å². The lowest BCUT2D eigenvalue weighted by Gasteiger charge is -2.41. The third kappa shape index (κ3) is 3.03. The van der Waals surface area contributed by atoms with Gasteiger partial charge in [-0.15, -0.1) is 0 Å². The van der Waals surface area contributed by atoms with Gasteiger partial charge in [0.15, 0.2) is 0 Å². The molecular weight excluding hydrogens is 348 g/mol. The average molecular weight is 372 g/mol. The van der Waals surface area contributed by atoms with Crippen LogP contribution in [0.5, 0.6) is 0 Å². The van der Waals surface area contributed by atoms with Gasteiger partial charge in [-0.2, -0.15) is 16.9 Å². The molecule has 1 aliphatic rings. The van der Waals surface area contributed by atoms with E-state index in [1.807, 2.05) is 33.9 Å². The Hall–Kier alpha value is -1.87. The van der Waals surface area contributed by atoms with Crippen molar-refractivity contribution in [3.63, 3.8) is 0 Å². The maximum Gasteiger partial charge on any atom is 0.142 e. The number of nitrogens with one attached hydrogen (secondary N) is 1. The van der Waals surface area contributed by atoms with Gasteiger partial charge in [0.05, 0.1) is 18.3 Å². The molecule has 0 bridgehead atoms. The van der Waals surface area contributed by atoms with Crippen LogP contribution in [0.1, 0.15) is 0 Å². The van der Waals surface area contributed by atoms with Gasteiger partial charge in [-0.05, 0) is 24.0 Å². The fourth-order valence-electron chi connectivity index (χ4n) is 3.29. The summed E-state index contributed by atoms with van der Waals surface area (Å²) in [5.41, 5.74) is 9.02. The van der Waals surface area contributed by atoms with Crippen LogP contribution in [0.25, 0.3) is 22.2 Å². The standard InChI is InChI=1S/C18H24N6OS/c1-26-7-6-25-13-23-5-3-16-15(2-4-21-17(16)23)14-8-22-24(9-14)18(10-19)11-20-12-18/h2-5,8-9,20H,6-7,10-13,19H2,1H3. The molecule has 1 saturated heterocycles. The number of pyridine rings is 1. The predicted octanol–water partition coefficient (Wildman–Crippen LogP) is 1.49. The molecular formula is C18H24N6OS. The van der Waals surface area contributed by atoms with Gasteiger partial charge in [0.2, 0.25) is 0 Å². The van der Waals surface area contributed by atoms with Gasteiger partial charge < -0.3 is 20.4 Å². The zero-order valence-electron chi connectivity index (χ0n) is 14.9. The Morgan fingerprint density at radius 3 is 3.00 bits per heavy atom. The molecule has 8 heteroatoms. The first-order chi connectivity index (χ1) is 12.8. The predicted molar refractivity (Wildman–Crippen MR) is 105 cm³/mol. The second-order valence-corrected chi connectivity index (χ2v) is 7.60. The molecule has 0 aliphatic carbocycles. The van der Waals surface area contributed by atoms with E-state index >= 15 is 0 Å². The Balaban J connectivity index is 1.61. The minimum Gasteiger partial charge on any atom is -0.360 e. The summed E-state index contributed by atoms with van der Waals surface area (Å²) in [6.07, 6.45) is 9.96. The topological polar surface area (TPSA) is 82.9 Å². The maximum absolute atomic E-state index is 5.98. The monoisotopic (exact) mass is 372 g/mol. The molecule has 26 heavy (non-hydrogen) atoms. The summed E-state index contributed by atoms with van der Waals surface area (Å²) in [4.78, 5) is 4.55. The van der Waals surface area contributed by atoms with Gasteiger partial charge in [-0.1, -0.05) is 0 Å². The molecule has 0 aromatic carbocycles. The summed E-state index contributed by atoms with van der Waals surface area (Å²) in [7, 11) is 0. The highest BCUT2D eigenvalue weighted by atomic mass is 32.2. The number of nitrogens with two attached hydrogens (primary N) is 1. The molecule has 0 amide bonds. The Morgan fingerprint density at radius 2 is 2.27 bits per heavy atom. The molecule has 138 valence electrons. The number of ether oxygens (including phenoxy) is 1. The van der Waals surface area contributed by atoms with E-state index in [2.05, 4.69) is 33.9 Å². The minimum absolute atomic E-state index is 0.0958. The lowest BCUT2D eigenvalue weighted by Crippen LogP contribution is -2.64. The Kier molecular flexibility index (Phi) is 4.99. The first-order valence-electron chi connectivity index (χ1n) is 8.74. The number of aromatic nitrogens is 4. The van der Waals surface area contributed by atoms with E-state index in [-0.39, 0.29) is 5.54 Å². The van der Waals surface area contributed by atoms with Gasteiger partial charge in [0.25, 0.3) is 0 Å². The summed E-state index contributed by atoms with van der Waals surface area (Å²) in [6, 6.07) is 4.13. The SMILES string of the molecule is CSCCOCn1ccc2c(-c3cnn(C4(CN)CNC4)c3)ccnc21. The van der Waals surface area contributed by atoms with Crippen LogP contribution in [-0.4, -0.2) is 57.6 Å². The van der Waals surface area contributed by atoms with E-state index in [0.29, 0.717) is 13.3 Å². The first-order valence-corrected chi connectivity index (χ1v) is 10.1. The summed E-state index contributed by atoms with van der Waals surface area (Å²) < 4.78 is 9.77. The number of thioether (sulfide) groups is 1. The summed E-state index contributed by atoms with van der Waals surface area (Å²) in [5.74, 6) is 0.995. The molecule has 0 atom stereocenters. The van der Waals surface area contributed by atoms with Crippen LogP contribution in [-0.2, 0) is 17.0 Å². The van der Waals surface area contributed by atoms with Crippen molar-refractivity contribution in [2.24, 2.45) is 5.73 Å². The molecule has 4 heterocycles. The number of nitrogens with zero attached hydrogens (tertiary/aromatic N) is 4. The van der Waals surface area contributed by atoms with Crippen molar-refractivity contribution >= 4 is 22.8 Å². The molecule has 4 rings (SSSR count). The largest absolute Gasteiger partial charge is 0.360 e. The Labute approximate surface area is 156 Å². The molecule has 3 aromatic rings. The van der Waals surface area contributed by atoms with Crippen molar-refractivity contribution in [3.8, 4) is 11.1 Å².